The van der Waals surface area contributed by atoms with Crippen LogP contribution in [0.3, 0.4) is 0 Å². The number of fused-ring (bicyclic) bond motifs is 1. The van der Waals surface area contributed by atoms with Gasteiger partial charge < -0.3 is 15.4 Å². The van der Waals surface area contributed by atoms with Crippen molar-refractivity contribution in [2.45, 2.75) is 24.9 Å². The maximum atomic E-state index is 12.8. The maximum Gasteiger partial charge on any atom is 0.329 e. The number of nitriles is 1. The van der Waals surface area contributed by atoms with Gasteiger partial charge in [-0.2, -0.15) is 16.6 Å². The number of allylic oxidation sites excluding steroid dienone is 2. The lowest BCUT2D eigenvalue weighted by molar-refractivity contribution is -0.150. The number of nitrogens with two attached hydrogens (primary N) is 1. The van der Waals surface area contributed by atoms with Crippen LogP contribution in [-0.4, -0.2) is 41.8 Å². The van der Waals surface area contributed by atoms with Crippen molar-refractivity contribution in [3.63, 3.8) is 0 Å². The fourth-order valence-electron chi connectivity index (χ4n) is 3.84. The molecule has 3 rings (SSSR count). The van der Waals surface area contributed by atoms with Gasteiger partial charge in [-0.3, -0.25) is 14.4 Å². The van der Waals surface area contributed by atoms with E-state index in [0.717, 1.165) is 0 Å². The van der Waals surface area contributed by atoms with Crippen LogP contribution in [0.4, 0.5) is 0 Å². The van der Waals surface area contributed by atoms with Gasteiger partial charge in [0.15, 0.2) is 11.2 Å². The summed E-state index contributed by atoms with van der Waals surface area (Å²) in [6, 6.07) is 2.13. The Morgan fingerprint density at radius 2 is 2.15 bits per heavy atom. The molecule has 0 bridgehead atoms. The molecule has 3 heterocycles. The van der Waals surface area contributed by atoms with Gasteiger partial charge in [0, 0.05) is 17.7 Å². The molecule has 1 aromatic rings. The first kappa shape index (κ1) is 17.9. The number of ketones is 1. The highest BCUT2D eigenvalue weighted by atomic mass is 32.1. The van der Waals surface area contributed by atoms with Gasteiger partial charge in [-0.05, 0) is 29.3 Å². The summed E-state index contributed by atoms with van der Waals surface area (Å²) in [7, 11) is 1.21. The van der Waals surface area contributed by atoms with Crippen molar-refractivity contribution in [1.29, 1.82) is 5.26 Å². The molecule has 8 heteroatoms. The highest BCUT2D eigenvalue weighted by molar-refractivity contribution is 7.08. The van der Waals surface area contributed by atoms with E-state index in [2.05, 4.69) is 6.07 Å². The van der Waals surface area contributed by atoms with Crippen LogP contribution in [-0.2, 0) is 19.1 Å². The fraction of sp³-hybridized carbons (Fsp3) is 0.333. The van der Waals surface area contributed by atoms with Crippen molar-refractivity contribution in [3.05, 3.63) is 46.3 Å². The first-order chi connectivity index (χ1) is 12.4. The summed E-state index contributed by atoms with van der Waals surface area (Å²) in [5.41, 5.74) is 5.03. The van der Waals surface area contributed by atoms with Gasteiger partial charge in [0.2, 0.25) is 5.91 Å². The van der Waals surface area contributed by atoms with Crippen LogP contribution in [0.25, 0.3) is 0 Å². The van der Waals surface area contributed by atoms with Crippen LogP contribution >= 0.6 is 11.3 Å². The predicted octanol–water partition coefficient (Wildman–Crippen LogP) is 1.10. The number of carbonyl (C=O) groups is 3. The molecule has 2 aliphatic rings. The minimum atomic E-state index is -1.66. The van der Waals surface area contributed by atoms with E-state index in [1.165, 1.54) is 31.6 Å². The van der Waals surface area contributed by atoms with E-state index >= 15 is 0 Å². The van der Waals surface area contributed by atoms with Crippen molar-refractivity contribution >= 4 is 29.0 Å². The summed E-state index contributed by atoms with van der Waals surface area (Å²) in [4.78, 5) is 38.4. The predicted molar refractivity (Wildman–Crippen MR) is 93.6 cm³/mol. The van der Waals surface area contributed by atoms with Crippen LogP contribution < -0.4 is 5.73 Å². The third kappa shape index (κ3) is 2.35. The van der Waals surface area contributed by atoms with Gasteiger partial charge in [0.25, 0.3) is 0 Å². The summed E-state index contributed by atoms with van der Waals surface area (Å²) in [5, 5.41) is 13.6. The van der Waals surface area contributed by atoms with Gasteiger partial charge in [-0.15, -0.1) is 0 Å². The van der Waals surface area contributed by atoms with Gasteiger partial charge in [0.05, 0.1) is 19.2 Å². The number of Topliss-reactive ketones (excluding diaryl/α,β-unsaturated/α-hetero) is 1. The van der Waals surface area contributed by atoms with Gasteiger partial charge >= 0.3 is 5.97 Å². The van der Waals surface area contributed by atoms with E-state index < -0.39 is 35.3 Å². The van der Waals surface area contributed by atoms with E-state index in [0.29, 0.717) is 11.1 Å². The minimum absolute atomic E-state index is 0.192. The third-order valence-electron chi connectivity index (χ3n) is 4.97. The Morgan fingerprint density at radius 1 is 1.42 bits per heavy atom. The van der Waals surface area contributed by atoms with Crippen molar-refractivity contribution in [1.82, 2.24) is 4.90 Å². The molecular formula is C18H17N3O4S. The lowest BCUT2D eigenvalue weighted by Crippen LogP contribution is -2.45. The third-order valence-corrected chi connectivity index (χ3v) is 5.67. The van der Waals surface area contributed by atoms with Gasteiger partial charge in [0.1, 0.15) is 6.04 Å². The van der Waals surface area contributed by atoms with Crippen molar-refractivity contribution < 1.29 is 19.1 Å². The first-order valence-electron chi connectivity index (χ1n) is 7.88. The monoisotopic (exact) mass is 371 g/mol. The van der Waals surface area contributed by atoms with Crippen LogP contribution in [0.5, 0.6) is 0 Å². The lowest BCUT2D eigenvalue weighted by atomic mass is 9.69. The van der Waals surface area contributed by atoms with Crippen LogP contribution in [0, 0.1) is 16.7 Å². The molecule has 134 valence electrons. The Hall–Kier alpha value is -2.92. The fourth-order valence-corrected chi connectivity index (χ4v) is 4.53. The van der Waals surface area contributed by atoms with Gasteiger partial charge in [-0.25, -0.2) is 0 Å². The number of ether oxygens (including phenoxy) is 1. The largest absolute Gasteiger partial charge is 0.468 e. The van der Waals surface area contributed by atoms with E-state index in [1.807, 2.05) is 0 Å². The molecular weight excluding hydrogens is 354 g/mol. The summed E-state index contributed by atoms with van der Waals surface area (Å²) in [6.07, 6.45) is 4.66. The average molecular weight is 371 g/mol. The number of hydrogen-bond donors (Lipinski definition) is 1. The zero-order valence-corrected chi connectivity index (χ0v) is 15.0. The number of primary amides is 1. The molecule has 4 atom stereocenters. The number of nitrogens with zero attached hydrogens (tertiary/aromatic N) is 2. The Balaban J connectivity index is 2.28. The van der Waals surface area contributed by atoms with E-state index in [9.17, 15) is 19.6 Å². The zero-order valence-electron chi connectivity index (χ0n) is 14.2. The number of amides is 1. The molecule has 0 saturated carbocycles. The Bertz CT molecular complexity index is 867. The molecule has 2 N–H and O–H groups in total. The van der Waals surface area contributed by atoms with E-state index in [-0.39, 0.29) is 5.78 Å². The number of esters is 1. The summed E-state index contributed by atoms with van der Waals surface area (Å²) in [6.45, 7) is 1.40. The van der Waals surface area contributed by atoms with Crippen LogP contribution in [0.15, 0.2) is 40.8 Å². The van der Waals surface area contributed by atoms with Crippen LogP contribution in [0.2, 0.25) is 0 Å². The van der Waals surface area contributed by atoms with Crippen LogP contribution in [0.1, 0.15) is 18.4 Å². The molecule has 0 radical (unpaired) electrons. The summed E-state index contributed by atoms with van der Waals surface area (Å²) in [5.74, 6) is -2.43. The van der Waals surface area contributed by atoms with E-state index in [4.69, 9.17) is 10.5 Å². The summed E-state index contributed by atoms with van der Waals surface area (Å²) < 4.78 is 4.95. The molecule has 1 amide bonds. The highest BCUT2D eigenvalue weighted by Gasteiger charge is 2.66. The molecule has 7 nitrogen and oxygen atoms in total. The SMILES string of the molecule is COC(=O)[C@]1(C#N)[C@H](c2ccsc2)[C@H](C(N)=O)N2C=C(C(C)=O)C=C[C@H]21. The smallest absolute Gasteiger partial charge is 0.329 e. The lowest BCUT2D eigenvalue weighted by Gasteiger charge is -2.32. The Labute approximate surface area is 154 Å². The van der Waals surface area contributed by atoms with Gasteiger partial charge in [-0.1, -0.05) is 12.2 Å². The molecule has 1 fully saturated rings. The highest BCUT2D eigenvalue weighted by Crippen LogP contribution is 2.53. The standard InChI is InChI=1S/C18H17N3O4S/c1-10(22)11-3-4-13-18(9-19,17(24)25-2)14(12-5-6-26-8-12)15(16(20)23)21(13)7-11/h3-8,13-15H,1-2H3,(H2,20,23)/t13-,14+,15+,18-/m0/s1. The molecule has 0 unspecified atom stereocenters. The molecule has 1 aromatic heterocycles. The minimum Gasteiger partial charge on any atom is -0.468 e. The van der Waals surface area contributed by atoms with E-state index in [1.54, 1.807) is 33.9 Å². The zero-order chi connectivity index (χ0) is 19.1. The number of hydrogen-bond acceptors (Lipinski definition) is 7. The second-order valence-corrected chi connectivity index (χ2v) is 7.03. The Kier molecular flexibility index (Phi) is 4.42. The number of rotatable bonds is 4. The Morgan fingerprint density at radius 3 is 2.65 bits per heavy atom. The van der Waals surface area contributed by atoms with Crippen molar-refractivity contribution in [3.8, 4) is 6.07 Å². The molecule has 2 aliphatic heterocycles. The topological polar surface area (TPSA) is 113 Å². The summed E-state index contributed by atoms with van der Waals surface area (Å²) >= 11 is 1.39. The average Bonchev–Trinajstić information content (AvgIpc) is 3.24. The second kappa shape index (κ2) is 6.42. The van der Waals surface area contributed by atoms with Crippen molar-refractivity contribution in [2.24, 2.45) is 11.1 Å². The quantitative estimate of drug-likeness (QED) is 0.793. The maximum absolute atomic E-state index is 12.8. The normalized spacial score (nSPS) is 29.5. The second-order valence-electron chi connectivity index (χ2n) is 6.25. The number of methoxy groups -OCH3 is 1. The van der Waals surface area contributed by atoms with Crippen molar-refractivity contribution in [2.75, 3.05) is 7.11 Å². The molecule has 0 aromatic carbocycles. The molecule has 1 saturated heterocycles. The number of carbonyl (C=O) groups excluding carboxylic acids is 3. The molecule has 0 spiro atoms. The number of thiophene rings is 1. The molecule has 0 aliphatic carbocycles. The molecule has 26 heavy (non-hydrogen) atoms. The first-order valence-corrected chi connectivity index (χ1v) is 8.82.